The maximum absolute atomic E-state index is 9.19. The average Bonchev–Trinajstić information content (AvgIpc) is 2.65. The van der Waals surface area contributed by atoms with E-state index in [1.165, 1.54) is 11.1 Å². The molecule has 0 radical (unpaired) electrons. The van der Waals surface area contributed by atoms with Crippen molar-refractivity contribution in [3.8, 4) is 0 Å². The normalized spacial score (nSPS) is 25.0. The summed E-state index contributed by atoms with van der Waals surface area (Å²) < 4.78 is 0. The Kier molecular flexibility index (Phi) is 2.86. The Labute approximate surface area is 107 Å². The Morgan fingerprint density at radius 3 is 2.78 bits per heavy atom. The number of piperidine rings is 1. The highest BCUT2D eigenvalue weighted by atomic mass is 16.4. The number of rotatable bonds is 2. The Morgan fingerprint density at radius 1 is 1.33 bits per heavy atom. The molecule has 1 aromatic rings. The zero-order valence-electron chi connectivity index (χ0n) is 10.5. The maximum Gasteiger partial charge on any atom is 0.481 e. The van der Waals surface area contributed by atoms with Crippen molar-refractivity contribution in [2.45, 2.75) is 37.0 Å². The number of fused-ring (bicyclic) bond motifs is 2. The van der Waals surface area contributed by atoms with Crippen LogP contribution >= 0.6 is 0 Å². The van der Waals surface area contributed by atoms with Gasteiger partial charge < -0.3 is 15.2 Å². The van der Waals surface area contributed by atoms with Gasteiger partial charge in [0.25, 0.3) is 0 Å². The van der Waals surface area contributed by atoms with Gasteiger partial charge in [-0.3, -0.25) is 0 Å². The molecular weight excluding hydrogens is 226 g/mol. The first-order chi connectivity index (χ1) is 8.71. The van der Waals surface area contributed by atoms with E-state index in [2.05, 4.69) is 29.6 Å². The van der Waals surface area contributed by atoms with Gasteiger partial charge in [-0.2, -0.15) is 0 Å². The zero-order valence-corrected chi connectivity index (χ0v) is 10.5. The Balaban J connectivity index is 1.98. The van der Waals surface area contributed by atoms with E-state index in [1.807, 2.05) is 0 Å². The molecule has 3 N–H and O–H groups in total. The van der Waals surface area contributed by atoms with Crippen molar-refractivity contribution >= 4 is 5.97 Å². The summed E-state index contributed by atoms with van der Waals surface area (Å²) in [6.45, 7) is 2.13. The van der Waals surface area contributed by atoms with E-state index >= 15 is 0 Å². The standard InChI is InChI=1S/C15H19NO2/c17-14(18)9-11-10-15(5-7-16-8-6-15)13-4-2-1-3-12(11)13/h1-4,11,16H,5-10H2,(H,17,18)/p+1. The van der Waals surface area contributed by atoms with Crippen molar-refractivity contribution in [1.82, 2.24) is 5.32 Å². The second-order valence-corrected chi connectivity index (χ2v) is 5.64. The Bertz CT molecular complexity index is 463. The molecule has 96 valence electrons. The first kappa shape index (κ1) is 11.7. The van der Waals surface area contributed by atoms with Gasteiger partial charge in [0.1, 0.15) is 6.42 Å². The van der Waals surface area contributed by atoms with Gasteiger partial charge in [-0.15, -0.1) is 0 Å². The van der Waals surface area contributed by atoms with E-state index in [4.69, 9.17) is 0 Å². The summed E-state index contributed by atoms with van der Waals surface area (Å²) in [5.74, 6) is -0.162. The van der Waals surface area contributed by atoms with Gasteiger partial charge in [-0.1, -0.05) is 24.3 Å². The van der Waals surface area contributed by atoms with Crippen molar-refractivity contribution in [3.63, 3.8) is 0 Å². The fourth-order valence-corrected chi connectivity index (χ4v) is 3.81. The highest BCUT2D eigenvalue weighted by Gasteiger charge is 2.44. The number of hydrogen-bond acceptors (Lipinski definition) is 1. The number of aliphatic carboxylic acids is 1. The van der Waals surface area contributed by atoms with E-state index in [0.29, 0.717) is 6.42 Å². The zero-order chi connectivity index (χ0) is 12.6. The number of carboxylic acid groups (broad SMARTS) is 1. The molecule has 1 atom stereocenters. The van der Waals surface area contributed by atoms with Gasteiger partial charge in [-0.25, -0.2) is 0 Å². The van der Waals surface area contributed by atoms with Crippen LogP contribution in [0.4, 0.5) is 0 Å². The number of aliphatic hydroxyl groups excluding tert-OH is 1. The number of hydrogen-bond donors (Lipinski definition) is 2. The van der Waals surface area contributed by atoms with Crippen LogP contribution in [-0.4, -0.2) is 29.0 Å². The molecule has 1 aliphatic carbocycles. The van der Waals surface area contributed by atoms with Crippen molar-refractivity contribution in [3.05, 3.63) is 35.4 Å². The molecular formula is C15H20NO2+. The summed E-state index contributed by atoms with van der Waals surface area (Å²) in [4.78, 5) is 9.19. The van der Waals surface area contributed by atoms with E-state index in [9.17, 15) is 9.90 Å². The Morgan fingerprint density at radius 2 is 2.06 bits per heavy atom. The second-order valence-electron chi connectivity index (χ2n) is 5.64. The summed E-state index contributed by atoms with van der Waals surface area (Å²) in [7, 11) is 0. The summed E-state index contributed by atoms with van der Waals surface area (Å²) in [6, 6.07) is 8.54. The predicted octanol–water partition coefficient (Wildman–Crippen LogP) is 2.25. The van der Waals surface area contributed by atoms with Crippen LogP contribution in [0.3, 0.4) is 0 Å². The monoisotopic (exact) mass is 246 g/mol. The summed E-state index contributed by atoms with van der Waals surface area (Å²) >= 11 is 0. The largest absolute Gasteiger partial charge is 0.481 e. The molecule has 18 heavy (non-hydrogen) atoms. The molecule has 0 saturated carbocycles. The number of carboxylic acids is 1. The third-order valence-electron chi connectivity index (χ3n) is 4.60. The summed E-state index contributed by atoms with van der Waals surface area (Å²) in [5.41, 5.74) is 3.03. The van der Waals surface area contributed by atoms with Gasteiger partial charge in [0, 0.05) is 5.92 Å². The topological polar surface area (TPSA) is 53.7 Å². The molecule has 1 unspecified atom stereocenters. The van der Waals surface area contributed by atoms with Crippen LogP contribution in [0, 0.1) is 0 Å². The maximum atomic E-state index is 9.19. The van der Waals surface area contributed by atoms with Crippen LogP contribution in [-0.2, 0) is 5.41 Å². The van der Waals surface area contributed by atoms with Crippen LogP contribution < -0.4 is 5.32 Å². The summed E-state index contributed by atoms with van der Waals surface area (Å²) in [5, 5.41) is 12.6. The quantitative estimate of drug-likeness (QED) is 0.786. The van der Waals surface area contributed by atoms with E-state index < -0.39 is 5.97 Å². The van der Waals surface area contributed by atoms with Crippen molar-refractivity contribution in [2.75, 3.05) is 13.1 Å². The van der Waals surface area contributed by atoms with Gasteiger partial charge in [0.05, 0.1) is 0 Å². The molecule has 3 nitrogen and oxygen atoms in total. The van der Waals surface area contributed by atoms with Crippen LogP contribution in [0.25, 0.3) is 0 Å². The lowest BCUT2D eigenvalue weighted by Gasteiger charge is -2.35. The fraction of sp³-hybridized carbons (Fsp3) is 0.533. The lowest BCUT2D eigenvalue weighted by atomic mass is 9.74. The molecule has 1 aliphatic heterocycles. The van der Waals surface area contributed by atoms with Gasteiger partial charge in [0.15, 0.2) is 0 Å². The van der Waals surface area contributed by atoms with Gasteiger partial charge in [-0.05, 0) is 48.9 Å². The molecule has 1 fully saturated rings. The molecule has 0 amide bonds. The smallest absolute Gasteiger partial charge is 0.339 e. The van der Waals surface area contributed by atoms with Crippen LogP contribution in [0.5, 0.6) is 0 Å². The van der Waals surface area contributed by atoms with Crippen LogP contribution in [0.1, 0.15) is 42.7 Å². The molecule has 2 aliphatic rings. The van der Waals surface area contributed by atoms with Crippen LogP contribution in [0.2, 0.25) is 0 Å². The molecule has 1 saturated heterocycles. The van der Waals surface area contributed by atoms with Crippen molar-refractivity contribution in [1.29, 1.82) is 0 Å². The molecule has 1 spiro atoms. The van der Waals surface area contributed by atoms with Gasteiger partial charge >= 0.3 is 5.97 Å². The molecule has 3 heteroatoms. The van der Waals surface area contributed by atoms with E-state index in [-0.39, 0.29) is 11.3 Å². The number of nitrogens with one attached hydrogen (secondary N) is 1. The van der Waals surface area contributed by atoms with Crippen molar-refractivity contribution in [2.24, 2.45) is 0 Å². The Hall–Kier alpha value is -1.35. The van der Waals surface area contributed by atoms with Crippen LogP contribution in [0.15, 0.2) is 24.3 Å². The highest BCUT2D eigenvalue weighted by Crippen LogP contribution is 2.51. The minimum atomic E-state index is -0.430. The minimum Gasteiger partial charge on any atom is -0.339 e. The number of benzene rings is 1. The molecule has 0 bridgehead atoms. The predicted molar refractivity (Wildman–Crippen MR) is 71.8 cm³/mol. The SMILES string of the molecule is OC(=[OH+])CC1CC2(CCNCC2)c2ccccc21. The molecule has 1 heterocycles. The molecule has 3 rings (SSSR count). The van der Waals surface area contributed by atoms with Gasteiger partial charge in [0.2, 0.25) is 0 Å². The average molecular weight is 246 g/mol. The minimum absolute atomic E-state index is 0.266. The van der Waals surface area contributed by atoms with E-state index in [1.54, 1.807) is 0 Å². The molecule has 0 aromatic heterocycles. The summed E-state index contributed by atoms with van der Waals surface area (Å²) in [6.07, 6.45) is 3.75. The first-order valence-electron chi connectivity index (χ1n) is 6.75. The molecule has 1 aromatic carbocycles. The second kappa shape index (κ2) is 4.39. The lowest BCUT2D eigenvalue weighted by Crippen LogP contribution is -2.38. The van der Waals surface area contributed by atoms with E-state index in [0.717, 1.165) is 32.4 Å². The third kappa shape index (κ3) is 1.83. The highest BCUT2D eigenvalue weighted by molar-refractivity contribution is 5.70. The fourth-order valence-electron chi connectivity index (χ4n) is 3.81. The first-order valence-corrected chi connectivity index (χ1v) is 6.75. The van der Waals surface area contributed by atoms with Crippen molar-refractivity contribution < 1.29 is 9.90 Å². The lowest BCUT2D eigenvalue weighted by molar-refractivity contribution is 0.291. The third-order valence-corrected chi connectivity index (χ3v) is 4.60.